The molecule has 1 fully saturated rings. The van der Waals surface area contributed by atoms with Crippen LogP contribution in [0.3, 0.4) is 0 Å². The van der Waals surface area contributed by atoms with Crippen molar-refractivity contribution < 1.29 is 0 Å². The summed E-state index contributed by atoms with van der Waals surface area (Å²) in [6.07, 6.45) is 1.04. The summed E-state index contributed by atoms with van der Waals surface area (Å²) in [7, 11) is 0. The Morgan fingerprint density at radius 3 is 2.27 bits per heavy atom. The Kier molecular flexibility index (Phi) is 5.47. The van der Waals surface area contributed by atoms with Gasteiger partial charge in [0.1, 0.15) is 0 Å². The van der Waals surface area contributed by atoms with E-state index in [1.807, 2.05) is 12.1 Å². The maximum absolute atomic E-state index is 5.94. The Bertz CT molecular complexity index is 588. The number of hydrogen-bond acceptors (Lipinski definition) is 4. The van der Waals surface area contributed by atoms with Crippen LogP contribution in [0, 0.1) is 0 Å². The molecule has 0 saturated carbocycles. The highest BCUT2D eigenvalue weighted by molar-refractivity contribution is 7.09. The fraction of sp³-hybridized carbons (Fsp3) is 0.471. The maximum Gasteiger partial charge on any atom is 0.0926 e. The second kappa shape index (κ2) is 7.55. The lowest BCUT2D eigenvalue weighted by atomic mass is 10.2. The number of nitrogens with zero attached hydrogens (tertiary/aromatic N) is 3. The summed E-state index contributed by atoms with van der Waals surface area (Å²) in [6, 6.07) is 8.19. The number of aromatic nitrogens is 1. The molecule has 1 aliphatic heterocycles. The van der Waals surface area contributed by atoms with Crippen LogP contribution in [0.15, 0.2) is 29.6 Å². The van der Waals surface area contributed by atoms with E-state index in [-0.39, 0.29) is 0 Å². The van der Waals surface area contributed by atoms with Crippen molar-refractivity contribution in [2.24, 2.45) is 0 Å². The Labute approximate surface area is 141 Å². The molecular weight excluding hydrogens is 314 g/mol. The first kappa shape index (κ1) is 15.9. The molecular formula is C17H22ClN3S. The maximum atomic E-state index is 5.94. The highest BCUT2D eigenvalue weighted by Gasteiger charge is 2.17. The van der Waals surface area contributed by atoms with Crippen LogP contribution in [0.4, 0.5) is 0 Å². The Balaban J connectivity index is 1.46. The zero-order valence-electron chi connectivity index (χ0n) is 13.0. The van der Waals surface area contributed by atoms with Crippen LogP contribution >= 0.6 is 22.9 Å². The summed E-state index contributed by atoms with van der Waals surface area (Å²) in [5.41, 5.74) is 2.57. The predicted molar refractivity (Wildman–Crippen MR) is 93.5 cm³/mol. The third-order valence-corrected chi connectivity index (χ3v) is 5.37. The van der Waals surface area contributed by atoms with E-state index in [0.29, 0.717) is 0 Å². The number of rotatable bonds is 5. The summed E-state index contributed by atoms with van der Waals surface area (Å²) in [6.45, 7) is 8.64. The lowest BCUT2D eigenvalue weighted by Gasteiger charge is -2.34. The average Bonchev–Trinajstić information content (AvgIpc) is 2.99. The van der Waals surface area contributed by atoms with Crippen LogP contribution in [-0.4, -0.2) is 41.0 Å². The topological polar surface area (TPSA) is 19.4 Å². The smallest absolute Gasteiger partial charge is 0.0926 e. The molecule has 0 amide bonds. The van der Waals surface area contributed by atoms with Crippen molar-refractivity contribution in [3.05, 3.63) is 50.9 Å². The first-order chi connectivity index (χ1) is 10.7. The SMILES string of the molecule is CCc1nc(CN2CCN(Cc3ccc(Cl)cc3)CC2)cs1. The number of piperazine rings is 1. The van der Waals surface area contributed by atoms with Gasteiger partial charge in [0.25, 0.3) is 0 Å². The van der Waals surface area contributed by atoms with Crippen LogP contribution < -0.4 is 0 Å². The molecule has 2 aromatic rings. The minimum Gasteiger partial charge on any atom is -0.297 e. The molecule has 0 atom stereocenters. The molecule has 1 aromatic carbocycles. The van der Waals surface area contributed by atoms with Crippen molar-refractivity contribution >= 4 is 22.9 Å². The fourth-order valence-electron chi connectivity index (χ4n) is 2.77. The van der Waals surface area contributed by atoms with Crippen LogP contribution in [0.5, 0.6) is 0 Å². The Hall–Kier alpha value is -0.940. The molecule has 2 heterocycles. The number of aryl methyl sites for hydroxylation is 1. The van der Waals surface area contributed by atoms with Gasteiger partial charge in [-0.25, -0.2) is 4.98 Å². The average molecular weight is 336 g/mol. The Morgan fingerprint density at radius 1 is 1.05 bits per heavy atom. The fourth-order valence-corrected chi connectivity index (χ4v) is 3.63. The summed E-state index contributed by atoms with van der Waals surface area (Å²) in [5, 5.41) is 4.26. The standard InChI is InChI=1S/C17H22ClN3S/c1-2-17-19-16(13-22-17)12-21-9-7-20(8-10-21)11-14-3-5-15(18)6-4-14/h3-6,13H,2,7-12H2,1H3. The number of halogens is 1. The van der Waals surface area contributed by atoms with E-state index < -0.39 is 0 Å². The largest absolute Gasteiger partial charge is 0.297 e. The minimum atomic E-state index is 0.809. The molecule has 0 spiro atoms. The van der Waals surface area contributed by atoms with E-state index in [9.17, 15) is 0 Å². The third-order valence-electron chi connectivity index (χ3n) is 4.07. The monoisotopic (exact) mass is 335 g/mol. The van der Waals surface area contributed by atoms with E-state index >= 15 is 0 Å². The van der Waals surface area contributed by atoms with E-state index in [0.717, 1.165) is 50.7 Å². The van der Waals surface area contributed by atoms with E-state index in [1.54, 1.807) is 11.3 Å². The normalized spacial score (nSPS) is 17.0. The molecule has 0 aliphatic carbocycles. The number of hydrogen-bond donors (Lipinski definition) is 0. The van der Waals surface area contributed by atoms with E-state index in [1.165, 1.54) is 16.3 Å². The van der Waals surface area contributed by atoms with Gasteiger partial charge in [-0.3, -0.25) is 9.80 Å². The summed E-state index contributed by atoms with van der Waals surface area (Å²) in [5.74, 6) is 0. The molecule has 1 aliphatic rings. The molecule has 118 valence electrons. The first-order valence-corrected chi connectivity index (χ1v) is 9.11. The van der Waals surface area contributed by atoms with E-state index in [4.69, 9.17) is 11.6 Å². The van der Waals surface area contributed by atoms with Gasteiger partial charge in [-0.15, -0.1) is 11.3 Å². The van der Waals surface area contributed by atoms with Crippen LogP contribution in [0.1, 0.15) is 23.2 Å². The molecule has 3 nitrogen and oxygen atoms in total. The summed E-state index contributed by atoms with van der Waals surface area (Å²) >= 11 is 7.72. The van der Waals surface area contributed by atoms with Crippen molar-refractivity contribution in [1.29, 1.82) is 0 Å². The summed E-state index contributed by atoms with van der Waals surface area (Å²) in [4.78, 5) is 9.69. The third kappa shape index (κ3) is 4.29. The van der Waals surface area contributed by atoms with Gasteiger partial charge in [-0.1, -0.05) is 30.7 Å². The van der Waals surface area contributed by atoms with Gasteiger partial charge in [0.2, 0.25) is 0 Å². The van der Waals surface area contributed by atoms with Gasteiger partial charge in [0.15, 0.2) is 0 Å². The highest BCUT2D eigenvalue weighted by Crippen LogP contribution is 2.15. The van der Waals surface area contributed by atoms with Gasteiger partial charge in [-0.05, 0) is 24.1 Å². The molecule has 0 N–H and O–H groups in total. The highest BCUT2D eigenvalue weighted by atomic mass is 35.5. The van der Waals surface area contributed by atoms with Crippen LogP contribution in [0.2, 0.25) is 5.02 Å². The number of benzene rings is 1. The van der Waals surface area contributed by atoms with Gasteiger partial charge in [-0.2, -0.15) is 0 Å². The zero-order chi connectivity index (χ0) is 15.4. The van der Waals surface area contributed by atoms with Crippen LogP contribution in [-0.2, 0) is 19.5 Å². The van der Waals surface area contributed by atoms with Gasteiger partial charge in [0, 0.05) is 49.7 Å². The summed E-state index contributed by atoms with van der Waals surface area (Å²) < 4.78 is 0. The quantitative estimate of drug-likeness (QED) is 0.831. The predicted octanol–water partition coefficient (Wildman–Crippen LogP) is 3.68. The van der Waals surface area contributed by atoms with Gasteiger partial charge >= 0.3 is 0 Å². The van der Waals surface area contributed by atoms with Crippen molar-refractivity contribution in [3.8, 4) is 0 Å². The molecule has 3 rings (SSSR count). The van der Waals surface area contributed by atoms with Gasteiger partial charge < -0.3 is 0 Å². The Morgan fingerprint density at radius 2 is 1.68 bits per heavy atom. The minimum absolute atomic E-state index is 0.809. The van der Waals surface area contributed by atoms with E-state index in [2.05, 4.69) is 39.2 Å². The van der Waals surface area contributed by atoms with Crippen molar-refractivity contribution in [1.82, 2.24) is 14.8 Å². The number of thiazole rings is 1. The molecule has 0 radical (unpaired) electrons. The first-order valence-electron chi connectivity index (χ1n) is 7.85. The second-order valence-electron chi connectivity index (χ2n) is 5.76. The molecule has 5 heteroatoms. The van der Waals surface area contributed by atoms with Crippen LogP contribution in [0.25, 0.3) is 0 Å². The molecule has 22 heavy (non-hydrogen) atoms. The molecule has 1 aromatic heterocycles. The lowest BCUT2D eigenvalue weighted by molar-refractivity contribution is 0.121. The van der Waals surface area contributed by atoms with Crippen molar-refractivity contribution in [2.75, 3.05) is 26.2 Å². The molecule has 0 bridgehead atoms. The molecule has 1 saturated heterocycles. The zero-order valence-corrected chi connectivity index (χ0v) is 14.5. The lowest BCUT2D eigenvalue weighted by Crippen LogP contribution is -2.45. The van der Waals surface area contributed by atoms with Gasteiger partial charge in [0.05, 0.1) is 10.7 Å². The van der Waals surface area contributed by atoms with Crippen molar-refractivity contribution in [2.45, 2.75) is 26.4 Å². The van der Waals surface area contributed by atoms with Crippen molar-refractivity contribution in [3.63, 3.8) is 0 Å². The molecule has 0 unspecified atom stereocenters. The second-order valence-corrected chi connectivity index (χ2v) is 7.14.